The van der Waals surface area contributed by atoms with Crippen LogP contribution in [0.2, 0.25) is 0 Å². The quantitative estimate of drug-likeness (QED) is 0.0205. The average Bonchev–Trinajstić information content (AvgIpc) is 0.737. The molecule has 5 fully saturated rings. The number of nitrogens with one attached hydrogen (secondary N) is 2. The molecule has 2 unspecified atom stereocenters. The number of aliphatic carboxylic acids is 2. The molecule has 8 N–H and O–H groups in total. The molecule has 30 heteroatoms. The number of aliphatic hydroxyl groups is 3. The Morgan fingerprint density at radius 3 is 2.31 bits per heavy atom. The van der Waals surface area contributed by atoms with Gasteiger partial charge in [0.15, 0.2) is 16.9 Å². The number of thiazole rings is 1. The molecule has 100 heavy (non-hydrogen) atoms. The molecule has 0 radical (unpaired) electrons. The Morgan fingerprint density at radius 1 is 0.800 bits per heavy atom. The molecule has 7 aliphatic rings. The van der Waals surface area contributed by atoms with Crippen LogP contribution in [0.25, 0.3) is 21.3 Å². The van der Waals surface area contributed by atoms with Crippen molar-refractivity contribution in [1.29, 1.82) is 0 Å². The molecule has 4 bridgehead atoms. The van der Waals surface area contributed by atoms with Crippen LogP contribution < -0.4 is 25.0 Å². The first-order chi connectivity index (χ1) is 47.8. The standard InChI is InChI=1S/C70H79N9O20S/c1-40-46(44-13-14-51(74-56(44)62(89)90)77-21-17-41-7-6-8-45(47(41)31-77)61(88)75-65-73-48-9-4-5-10-50(48)100-65)30-72-79(40)39-69-34-67(2)33-68(3,35-69)37-70(36-67,38-69)97-26-24-76(22-19-55(83)84)66(93)96-32-42-11-12-43(98-64-59(87)57(85)58(86)60(99-64)63(91)92)29-49(42)95-28-27-94-25-20-71-52(80)18-23-78-53(81)15-16-54(78)82/h4-16,29-30,57-60,64,85-87H,17-28,31-39H2,1-3H3,(H,71,80)(H,83,84)(H,89,90)(H,91,92)(H,73,75,88)/t57-,58-,59+,60-,64+,67?,68?,69?,70?/m0/s1. The topological polar surface area (TPSA) is 391 Å². The van der Waals surface area contributed by atoms with Crippen molar-refractivity contribution in [3.8, 4) is 22.6 Å². The highest BCUT2D eigenvalue weighted by molar-refractivity contribution is 7.22. The summed E-state index contributed by atoms with van der Waals surface area (Å²) < 4.78 is 38.5. The van der Waals surface area contributed by atoms with Gasteiger partial charge < -0.3 is 74.2 Å². The fraction of sp³-hybridized carbons (Fsp3) is 0.471. The third kappa shape index (κ3) is 15.5. The number of carboxylic acid groups (broad SMARTS) is 3. The van der Waals surface area contributed by atoms with E-state index in [1.54, 1.807) is 18.3 Å². The van der Waals surface area contributed by atoms with Gasteiger partial charge in [0.1, 0.15) is 48.8 Å². The lowest BCUT2D eigenvalue weighted by Crippen LogP contribution is -2.64. The zero-order chi connectivity index (χ0) is 70.8. The number of ether oxygens (including phenoxy) is 6. The van der Waals surface area contributed by atoms with E-state index in [0.29, 0.717) is 60.1 Å². The van der Waals surface area contributed by atoms with Gasteiger partial charge in [0.05, 0.1) is 48.3 Å². The summed E-state index contributed by atoms with van der Waals surface area (Å²) in [7, 11) is 0. The Labute approximate surface area is 577 Å². The molecule has 1 saturated heterocycles. The van der Waals surface area contributed by atoms with Gasteiger partial charge in [0, 0.05) is 98.4 Å². The normalized spacial score (nSPS) is 25.0. The van der Waals surface area contributed by atoms with Crippen LogP contribution in [0.15, 0.2) is 91.1 Å². The van der Waals surface area contributed by atoms with E-state index < -0.39 is 91.1 Å². The van der Waals surface area contributed by atoms with E-state index in [0.717, 1.165) is 76.2 Å². The number of pyridine rings is 1. The maximum Gasteiger partial charge on any atom is 0.410 e. The number of imide groups is 1. The van der Waals surface area contributed by atoms with Crippen LogP contribution in [0.4, 0.5) is 15.7 Å². The van der Waals surface area contributed by atoms with Gasteiger partial charge in [-0.15, -0.1) is 0 Å². The lowest BCUT2D eigenvalue weighted by molar-refractivity contribution is -0.271. The molecule has 6 heterocycles. The minimum atomic E-state index is -1.97. The van der Waals surface area contributed by atoms with Gasteiger partial charge in [-0.1, -0.05) is 49.4 Å². The first-order valence-electron chi connectivity index (χ1n) is 33.1. The zero-order valence-corrected chi connectivity index (χ0v) is 56.2. The maximum atomic E-state index is 14.1. The number of benzene rings is 3. The monoisotopic (exact) mass is 1400 g/mol. The highest BCUT2D eigenvalue weighted by atomic mass is 32.1. The van der Waals surface area contributed by atoms with Crippen LogP contribution in [-0.4, -0.2) is 203 Å². The van der Waals surface area contributed by atoms with Crippen molar-refractivity contribution in [2.45, 2.75) is 135 Å². The number of rotatable bonds is 29. The summed E-state index contributed by atoms with van der Waals surface area (Å²) in [6.07, 6.45) is -1.43. The van der Waals surface area contributed by atoms with Crippen molar-refractivity contribution in [2.75, 3.05) is 69.4 Å². The van der Waals surface area contributed by atoms with Gasteiger partial charge in [-0.05, 0) is 122 Å². The second-order valence-electron chi connectivity index (χ2n) is 27.5. The predicted octanol–water partition coefficient (Wildman–Crippen LogP) is 5.72. The highest BCUT2D eigenvalue weighted by Crippen LogP contribution is 2.72. The number of carbonyl (C=O) groups is 8. The fourth-order valence-corrected chi connectivity index (χ4v) is 17.1. The van der Waals surface area contributed by atoms with Crippen molar-refractivity contribution in [3.63, 3.8) is 0 Å². The first-order valence-corrected chi connectivity index (χ1v) is 33.9. The highest BCUT2D eigenvalue weighted by Gasteiger charge is 2.66. The van der Waals surface area contributed by atoms with E-state index >= 15 is 0 Å². The van der Waals surface area contributed by atoms with Gasteiger partial charge in [0.25, 0.3) is 17.7 Å². The van der Waals surface area contributed by atoms with Crippen molar-refractivity contribution in [3.05, 3.63) is 125 Å². The predicted molar refractivity (Wildman–Crippen MR) is 356 cm³/mol. The number of amides is 5. The minimum absolute atomic E-state index is 0.0332. The maximum absolute atomic E-state index is 14.1. The molecule has 4 saturated carbocycles. The summed E-state index contributed by atoms with van der Waals surface area (Å²) in [6, 6.07) is 21.1. The minimum Gasteiger partial charge on any atom is -0.491 e. The first kappa shape index (κ1) is 70.4. The SMILES string of the molecule is Cc1c(-c2ccc(N3CCc4cccc(C(=O)Nc5nc6ccccc6s5)c4C3)nc2C(=O)O)cnn1CC12CC3(C)CC(C)(C1)CC(OCCN(CCC(=O)O)C(=O)OCc1ccc(O[C@@H]4O[C@H](C(=O)O)[C@@H](O)[C@H](O)[C@H]4O)cc1OCCOCCNC(=O)CCN1C(=O)C=CC1=O)(C3)C2. The summed E-state index contributed by atoms with van der Waals surface area (Å²) in [4.78, 5) is 115. The number of aromatic nitrogens is 4. The molecule has 3 aliphatic heterocycles. The summed E-state index contributed by atoms with van der Waals surface area (Å²) in [5, 5.41) is 72.6. The van der Waals surface area contributed by atoms with Crippen molar-refractivity contribution < 1.29 is 97.4 Å². The number of anilines is 2. The number of hydrogen-bond donors (Lipinski definition) is 8. The fourth-order valence-electron chi connectivity index (χ4n) is 16.2. The molecule has 3 aromatic heterocycles. The average molecular weight is 1400 g/mol. The van der Waals surface area contributed by atoms with E-state index in [-0.39, 0.29) is 104 Å². The van der Waals surface area contributed by atoms with E-state index in [1.807, 2.05) is 59.0 Å². The van der Waals surface area contributed by atoms with Crippen molar-refractivity contribution >= 4 is 80.1 Å². The summed E-state index contributed by atoms with van der Waals surface area (Å²) in [6.45, 7) is 7.15. The summed E-state index contributed by atoms with van der Waals surface area (Å²) >= 11 is 1.39. The second kappa shape index (κ2) is 29.0. The largest absolute Gasteiger partial charge is 0.491 e. The number of para-hydroxylation sites is 1. The molecular weight excluding hydrogens is 1320 g/mol. The zero-order valence-electron chi connectivity index (χ0n) is 55.3. The van der Waals surface area contributed by atoms with Crippen LogP contribution in [0, 0.1) is 23.2 Å². The Bertz CT molecular complexity index is 4130. The number of carbonyl (C=O) groups excluding carboxylic acids is 5. The molecule has 5 amide bonds. The number of nitrogens with zero attached hydrogens (tertiary/aromatic N) is 7. The number of aliphatic hydroxyl groups excluding tert-OH is 3. The van der Waals surface area contributed by atoms with Gasteiger partial charge in [-0.2, -0.15) is 5.10 Å². The number of fused-ring (bicyclic) bond motifs is 2. The van der Waals surface area contributed by atoms with E-state index in [9.17, 15) is 69.0 Å². The molecule has 530 valence electrons. The lowest BCUT2D eigenvalue weighted by Gasteiger charge is -2.69. The molecule has 3 aromatic carbocycles. The molecular formula is C70H79N9O20S. The third-order valence-corrected chi connectivity index (χ3v) is 20.5. The van der Waals surface area contributed by atoms with Crippen molar-refractivity contribution in [2.24, 2.45) is 16.2 Å². The van der Waals surface area contributed by atoms with Crippen LogP contribution in [0.3, 0.4) is 0 Å². The van der Waals surface area contributed by atoms with Crippen LogP contribution in [0.5, 0.6) is 11.5 Å². The smallest absolute Gasteiger partial charge is 0.410 e. The molecule has 4 aliphatic carbocycles. The van der Waals surface area contributed by atoms with Gasteiger partial charge in [-0.25, -0.2) is 24.4 Å². The summed E-state index contributed by atoms with van der Waals surface area (Å²) in [5.74, 6) is -5.23. The lowest BCUT2D eigenvalue weighted by atomic mass is 9.39. The Kier molecular flexibility index (Phi) is 20.4. The second-order valence-corrected chi connectivity index (χ2v) is 28.5. The van der Waals surface area contributed by atoms with Crippen LogP contribution in [-0.2, 0) is 69.0 Å². The number of hydrogen-bond acceptors (Lipinski definition) is 22. The van der Waals surface area contributed by atoms with Gasteiger partial charge in [0.2, 0.25) is 12.2 Å². The molecule has 6 aromatic rings. The molecule has 13 rings (SSSR count). The molecule has 7 atom stereocenters. The Hall–Kier alpha value is -9.43. The number of carboxylic acids is 3. The van der Waals surface area contributed by atoms with E-state index in [2.05, 4.69) is 29.5 Å². The molecule has 0 spiro atoms. The van der Waals surface area contributed by atoms with Crippen LogP contribution >= 0.6 is 11.3 Å². The molecule has 29 nitrogen and oxygen atoms in total. The summed E-state index contributed by atoms with van der Waals surface area (Å²) in [5.41, 5.74) is 3.94. The Morgan fingerprint density at radius 2 is 1.57 bits per heavy atom. The van der Waals surface area contributed by atoms with Gasteiger partial charge in [-0.3, -0.25) is 38.9 Å². The van der Waals surface area contributed by atoms with Crippen molar-refractivity contribution in [1.82, 2.24) is 34.9 Å². The third-order valence-electron chi connectivity index (χ3n) is 19.6. The van der Waals surface area contributed by atoms with Crippen LogP contribution in [0.1, 0.15) is 108 Å². The van der Waals surface area contributed by atoms with Gasteiger partial charge >= 0.3 is 24.0 Å². The number of aromatic carboxylic acids is 1. The Balaban J connectivity index is 0.691. The van der Waals surface area contributed by atoms with E-state index in [4.69, 9.17) is 38.5 Å². The van der Waals surface area contributed by atoms with E-state index in [1.165, 1.54) is 34.4 Å².